The topological polar surface area (TPSA) is 103 Å². The fraction of sp³-hybridized carbons (Fsp3) is 0.308. The molecule has 0 radical (unpaired) electrons. The van der Waals surface area contributed by atoms with Gasteiger partial charge in [0.05, 0.1) is 12.5 Å². The molecule has 1 aromatic heterocycles. The van der Waals surface area contributed by atoms with Crippen molar-refractivity contribution in [2.45, 2.75) is 13.0 Å². The van der Waals surface area contributed by atoms with Crippen molar-refractivity contribution in [3.05, 3.63) is 34.6 Å². The third kappa shape index (κ3) is 3.04. The lowest BCUT2D eigenvalue weighted by Crippen LogP contribution is -2.39. The minimum Gasteiger partial charge on any atom is -0.468 e. The second kappa shape index (κ2) is 6.12. The number of ether oxygens (including phenoxy) is 1. The quantitative estimate of drug-likeness (QED) is 0.771. The molecule has 8 heteroatoms. The minimum absolute atomic E-state index is 0.268. The number of esters is 1. The molecule has 0 saturated carbocycles. The van der Waals surface area contributed by atoms with Crippen LogP contribution in [0.3, 0.4) is 0 Å². The van der Waals surface area contributed by atoms with E-state index in [-0.39, 0.29) is 6.54 Å². The molecule has 1 aromatic carbocycles. The molecule has 0 saturated heterocycles. The Morgan fingerprint density at radius 3 is 2.81 bits per heavy atom. The molecule has 8 nitrogen and oxygen atoms in total. The Hall–Kier alpha value is -2.77. The van der Waals surface area contributed by atoms with E-state index in [0.717, 1.165) is 4.68 Å². The van der Waals surface area contributed by atoms with Gasteiger partial charge in [-0.15, -0.1) is 5.10 Å². The molecule has 0 aliphatic heterocycles. The first-order chi connectivity index (χ1) is 10.0. The Labute approximate surface area is 119 Å². The van der Waals surface area contributed by atoms with Crippen molar-refractivity contribution < 1.29 is 14.3 Å². The van der Waals surface area contributed by atoms with Crippen molar-refractivity contribution in [2.24, 2.45) is 0 Å². The molecule has 110 valence electrons. The summed E-state index contributed by atoms with van der Waals surface area (Å²) in [4.78, 5) is 35.1. The highest BCUT2D eigenvalue weighted by Gasteiger charge is 2.19. The average molecular weight is 290 g/mol. The molecular formula is C13H14N4O4. The smallest absolute Gasteiger partial charge is 0.325 e. The van der Waals surface area contributed by atoms with Crippen LogP contribution in [0.1, 0.15) is 13.0 Å². The number of hydrogen-bond acceptors (Lipinski definition) is 6. The van der Waals surface area contributed by atoms with Crippen LogP contribution in [0, 0.1) is 0 Å². The number of hydrogen-bond donors (Lipinski definition) is 1. The Balaban J connectivity index is 2.25. The molecule has 1 atom stereocenters. The standard InChI is InChI=1S/C13H14N4O4/c1-8(12(19)14-7-11(18)21-2)17-13(20)9-5-3-4-6-10(9)15-16-17/h3-6,8H,7H2,1-2H3,(H,14,19)/t8-/m0/s1. The van der Waals surface area contributed by atoms with Crippen molar-refractivity contribution in [2.75, 3.05) is 13.7 Å². The fourth-order valence-electron chi connectivity index (χ4n) is 1.75. The van der Waals surface area contributed by atoms with E-state index in [1.165, 1.54) is 14.0 Å². The van der Waals surface area contributed by atoms with Gasteiger partial charge in [0.15, 0.2) is 0 Å². The molecule has 2 aromatic rings. The lowest BCUT2D eigenvalue weighted by molar-refractivity contribution is -0.141. The first kappa shape index (κ1) is 14.6. The fourth-order valence-corrected chi connectivity index (χ4v) is 1.75. The maximum absolute atomic E-state index is 12.3. The Bertz CT molecular complexity index is 740. The number of fused-ring (bicyclic) bond motifs is 1. The van der Waals surface area contributed by atoms with Crippen LogP contribution >= 0.6 is 0 Å². The van der Waals surface area contributed by atoms with Crippen LogP contribution in [-0.4, -0.2) is 40.5 Å². The largest absolute Gasteiger partial charge is 0.468 e. The molecule has 0 unspecified atom stereocenters. The molecule has 1 heterocycles. The van der Waals surface area contributed by atoms with Crippen LogP contribution in [0.5, 0.6) is 0 Å². The maximum atomic E-state index is 12.3. The van der Waals surface area contributed by atoms with Crippen LogP contribution < -0.4 is 10.9 Å². The summed E-state index contributed by atoms with van der Waals surface area (Å²) in [5, 5.41) is 10.4. The summed E-state index contributed by atoms with van der Waals surface area (Å²) in [6.07, 6.45) is 0. The van der Waals surface area contributed by atoms with Gasteiger partial charge in [-0.3, -0.25) is 14.4 Å². The zero-order valence-electron chi connectivity index (χ0n) is 11.6. The van der Waals surface area contributed by atoms with Gasteiger partial charge in [0, 0.05) is 0 Å². The zero-order valence-corrected chi connectivity index (χ0v) is 11.6. The number of carbonyl (C=O) groups is 2. The van der Waals surface area contributed by atoms with Crippen LogP contribution in [0.4, 0.5) is 0 Å². The number of carbonyl (C=O) groups excluding carboxylic acids is 2. The van der Waals surface area contributed by atoms with E-state index in [4.69, 9.17) is 0 Å². The number of benzene rings is 1. The first-order valence-electron chi connectivity index (χ1n) is 6.23. The van der Waals surface area contributed by atoms with Crippen LogP contribution in [0.15, 0.2) is 29.1 Å². The summed E-state index contributed by atoms with van der Waals surface area (Å²) in [6, 6.07) is 5.84. The van der Waals surface area contributed by atoms with E-state index in [9.17, 15) is 14.4 Å². The van der Waals surface area contributed by atoms with Crippen molar-refractivity contribution in [1.82, 2.24) is 20.3 Å². The molecule has 0 fully saturated rings. The zero-order chi connectivity index (χ0) is 15.4. The summed E-state index contributed by atoms with van der Waals surface area (Å²) in [5.74, 6) is -1.10. The van der Waals surface area contributed by atoms with Crippen LogP contribution in [-0.2, 0) is 14.3 Å². The SMILES string of the molecule is COC(=O)CNC(=O)[C@H](C)n1nnc2ccccc2c1=O. The van der Waals surface area contributed by atoms with Gasteiger partial charge < -0.3 is 10.1 Å². The average Bonchev–Trinajstić information content (AvgIpc) is 2.52. The highest BCUT2D eigenvalue weighted by atomic mass is 16.5. The summed E-state index contributed by atoms with van der Waals surface area (Å²) < 4.78 is 5.40. The van der Waals surface area contributed by atoms with E-state index < -0.39 is 23.5 Å². The monoisotopic (exact) mass is 290 g/mol. The second-order valence-electron chi connectivity index (χ2n) is 4.33. The van der Waals surface area contributed by atoms with Crippen molar-refractivity contribution in [3.8, 4) is 0 Å². The van der Waals surface area contributed by atoms with Gasteiger partial charge >= 0.3 is 5.97 Å². The normalized spacial score (nSPS) is 11.9. The number of aromatic nitrogens is 3. The van der Waals surface area contributed by atoms with Gasteiger partial charge in [-0.2, -0.15) is 4.68 Å². The highest BCUT2D eigenvalue weighted by Crippen LogP contribution is 2.06. The van der Waals surface area contributed by atoms with Gasteiger partial charge in [-0.05, 0) is 19.1 Å². The number of methoxy groups -OCH3 is 1. The van der Waals surface area contributed by atoms with E-state index in [1.54, 1.807) is 24.3 Å². The predicted molar refractivity (Wildman–Crippen MR) is 73.5 cm³/mol. The van der Waals surface area contributed by atoms with Gasteiger partial charge in [0.25, 0.3) is 5.56 Å². The molecule has 1 N–H and O–H groups in total. The van der Waals surface area contributed by atoms with Crippen molar-refractivity contribution >= 4 is 22.8 Å². The number of nitrogens with zero attached hydrogens (tertiary/aromatic N) is 3. The van der Waals surface area contributed by atoms with Gasteiger partial charge in [-0.25, -0.2) is 0 Å². The van der Waals surface area contributed by atoms with E-state index in [2.05, 4.69) is 20.4 Å². The second-order valence-corrected chi connectivity index (χ2v) is 4.33. The van der Waals surface area contributed by atoms with Gasteiger partial charge in [-0.1, -0.05) is 17.3 Å². The van der Waals surface area contributed by atoms with E-state index >= 15 is 0 Å². The Morgan fingerprint density at radius 1 is 1.38 bits per heavy atom. The highest BCUT2D eigenvalue weighted by molar-refractivity contribution is 5.84. The third-order valence-electron chi connectivity index (χ3n) is 2.97. The molecule has 2 rings (SSSR count). The Kier molecular flexibility index (Phi) is 4.27. The lowest BCUT2D eigenvalue weighted by Gasteiger charge is -2.13. The van der Waals surface area contributed by atoms with Crippen LogP contribution in [0.2, 0.25) is 0 Å². The van der Waals surface area contributed by atoms with E-state index in [0.29, 0.717) is 10.9 Å². The summed E-state index contributed by atoms with van der Waals surface area (Å²) in [7, 11) is 1.22. The molecule has 0 bridgehead atoms. The Morgan fingerprint density at radius 2 is 2.10 bits per heavy atom. The first-order valence-corrected chi connectivity index (χ1v) is 6.23. The number of nitrogens with one attached hydrogen (secondary N) is 1. The molecule has 0 spiro atoms. The molecule has 21 heavy (non-hydrogen) atoms. The van der Waals surface area contributed by atoms with Gasteiger partial charge in [0.1, 0.15) is 18.1 Å². The van der Waals surface area contributed by atoms with Crippen LogP contribution in [0.25, 0.3) is 10.9 Å². The molecule has 0 aliphatic rings. The van der Waals surface area contributed by atoms with Gasteiger partial charge in [0.2, 0.25) is 5.91 Å². The lowest BCUT2D eigenvalue weighted by atomic mass is 10.2. The predicted octanol–water partition coefficient (Wildman–Crippen LogP) is -0.358. The summed E-state index contributed by atoms with van der Waals surface area (Å²) >= 11 is 0. The minimum atomic E-state index is -0.890. The summed E-state index contributed by atoms with van der Waals surface area (Å²) in [5.41, 5.74) is 0.0437. The summed E-state index contributed by atoms with van der Waals surface area (Å²) in [6.45, 7) is 1.23. The maximum Gasteiger partial charge on any atom is 0.325 e. The number of rotatable bonds is 4. The van der Waals surface area contributed by atoms with Crippen molar-refractivity contribution in [3.63, 3.8) is 0 Å². The molecular weight excluding hydrogens is 276 g/mol. The third-order valence-corrected chi connectivity index (χ3v) is 2.97. The molecule has 1 amide bonds. The molecule has 0 aliphatic carbocycles. The van der Waals surface area contributed by atoms with E-state index in [1.807, 2.05) is 0 Å². The number of amides is 1. The van der Waals surface area contributed by atoms with Crippen molar-refractivity contribution in [1.29, 1.82) is 0 Å².